The van der Waals surface area contributed by atoms with Crippen molar-refractivity contribution in [1.82, 2.24) is 0 Å². The normalized spacial score (nSPS) is 38.2. The average molecular weight is 246 g/mol. The molecule has 4 heteroatoms. The molecule has 1 aliphatic rings. The number of hydrogen-bond donors (Lipinski definition) is 0. The van der Waals surface area contributed by atoms with Gasteiger partial charge in [0.15, 0.2) is 0 Å². The summed E-state index contributed by atoms with van der Waals surface area (Å²) in [7, 11) is 0. The Kier molecular flexibility index (Phi) is 3.43. The molecule has 2 atom stereocenters. The molecule has 0 aromatic carbocycles. The molecule has 0 amide bonds. The highest BCUT2D eigenvalue weighted by atomic mass is 35.8. The average Bonchev–Trinajstić information content (AvgIpc) is 1.83. The second-order valence-corrected chi connectivity index (χ2v) is 13.3. The first-order valence-electron chi connectivity index (χ1n) is 4.42. The summed E-state index contributed by atoms with van der Waals surface area (Å²) in [6.45, 7) is 4.39. The lowest BCUT2D eigenvalue weighted by molar-refractivity contribution is 0.312. The van der Waals surface area contributed by atoms with Crippen LogP contribution in [-0.2, 0) is 0 Å². The zero-order chi connectivity index (χ0) is 9.41. The smallest absolute Gasteiger partial charge is 0.125 e. The monoisotopic (exact) mass is 244 g/mol. The highest BCUT2D eigenvalue weighted by Gasteiger charge is 2.49. The van der Waals surface area contributed by atoms with Gasteiger partial charge >= 0.3 is 6.00 Å². The lowest BCUT2D eigenvalue weighted by Crippen LogP contribution is -2.34. The fourth-order valence-electron chi connectivity index (χ4n) is 2.07. The predicted octanol–water partition coefficient (Wildman–Crippen LogP) is 4.61. The molecule has 12 heavy (non-hydrogen) atoms. The van der Waals surface area contributed by atoms with Gasteiger partial charge in [0.1, 0.15) is 0 Å². The molecule has 0 heterocycles. The third-order valence-electron chi connectivity index (χ3n) is 2.91. The Morgan fingerprint density at radius 1 is 1.33 bits per heavy atom. The third-order valence-corrected chi connectivity index (χ3v) is 8.84. The van der Waals surface area contributed by atoms with E-state index in [4.69, 9.17) is 33.2 Å². The van der Waals surface area contributed by atoms with Gasteiger partial charge in [0.2, 0.25) is 0 Å². The van der Waals surface area contributed by atoms with Crippen LogP contribution in [0.2, 0.25) is 5.04 Å². The SMILES string of the molecule is CC1CCCC(C)([Si](Cl)(Cl)Cl)C1. The minimum absolute atomic E-state index is 0.0231. The Bertz CT molecular complexity index is 166. The van der Waals surface area contributed by atoms with Crippen LogP contribution in [0.3, 0.4) is 0 Å². The van der Waals surface area contributed by atoms with Crippen molar-refractivity contribution < 1.29 is 0 Å². The number of hydrogen-bond acceptors (Lipinski definition) is 0. The van der Waals surface area contributed by atoms with Gasteiger partial charge in [-0.3, -0.25) is 0 Å². The van der Waals surface area contributed by atoms with Gasteiger partial charge in [-0.05, 0) is 18.8 Å². The Morgan fingerprint density at radius 3 is 2.25 bits per heavy atom. The quantitative estimate of drug-likeness (QED) is 0.467. The van der Waals surface area contributed by atoms with Crippen LogP contribution in [0.25, 0.3) is 0 Å². The fraction of sp³-hybridized carbons (Fsp3) is 1.00. The molecule has 1 saturated carbocycles. The largest absolute Gasteiger partial charge is 0.346 e. The summed E-state index contributed by atoms with van der Waals surface area (Å²) in [6.07, 6.45) is 4.71. The molecule has 0 spiro atoms. The summed E-state index contributed by atoms with van der Waals surface area (Å²) in [4.78, 5) is 0. The van der Waals surface area contributed by atoms with Crippen LogP contribution in [0, 0.1) is 5.92 Å². The first-order chi connectivity index (χ1) is 5.35. The van der Waals surface area contributed by atoms with Gasteiger partial charge in [-0.1, -0.05) is 26.7 Å². The second-order valence-electron chi connectivity index (χ2n) is 4.26. The van der Waals surface area contributed by atoms with Gasteiger partial charge in [0, 0.05) is 5.04 Å². The van der Waals surface area contributed by atoms with Gasteiger partial charge in [0.25, 0.3) is 0 Å². The zero-order valence-electron chi connectivity index (χ0n) is 7.54. The van der Waals surface area contributed by atoms with E-state index in [9.17, 15) is 0 Å². The molecule has 0 radical (unpaired) electrons. The summed E-state index contributed by atoms with van der Waals surface area (Å²) < 4.78 is 0. The molecular weight excluding hydrogens is 231 g/mol. The third kappa shape index (κ3) is 2.31. The Balaban J connectivity index is 2.70. The van der Waals surface area contributed by atoms with E-state index in [1.165, 1.54) is 12.8 Å². The standard InChI is InChI=1S/C8H15Cl3Si/c1-7-4-3-5-8(2,6-7)12(9,10)11/h7H,3-6H2,1-2H3. The van der Waals surface area contributed by atoms with E-state index in [1.54, 1.807) is 0 Å². The molecule has 0 aromatic rings. The highest BCUT2D eigenvalue weighted by molar-refractivity contribution is 7.65. The zero-order valence-corrected chi connectivity index (χ0v) is 10.8. The van der Waals surface area contributed by atoms with Crippen molar-refractivity contribution in [3.63, 3.8) is 0 Å². The molecule has 2 unspecified atom stereocenters. The lowest BCUT2D eigenvalue weighted by Gasteiger charge is -2.40. The molecule has 0 aliphatic heterocycles. The fourth-order valence-corrected chi connectivity index (χ4v) is 4.66. The van der Waals surface area contributed by atoms with E-state index in [1.807, 2.05) is 0 Å². The van der Waals surface area contributed by atoms with Crippen LogP contribution in [0.5, 0.6) is 0 Å². The topological polar surface area (TPSA) is 0 Å². The summed E-state index contributed by atoms with van der Waals surface area (Å²) in [5.41, 5.74) is 0. The van der Waals surface area contributed by atoms with Crippen LogP contribution in [0.4, 0.5) is 0 Å². The van der Waals surface area contributed by atoms with E-state index in [2.05, 4.69) is 13.8 Å². The van der Waals surface area contributed by atoms with Crippen molar-refractivity contribution in [2.45, 2.75) is 44.6 Å². The van der Waals surface area contributed by atoms with Crippen molar-refractivity contribution >= 4 is 39.2 Å². The molecule has 72 valence electrons. The van der Waals surface area contributed by atoms with Gasteiger partial charge in [0.05, 0.1) is 0 Å². The lowest BCUT2D eigenvalue weighted by atomic mass is 9.83. The second kappa shape index (κ2) is 3.68. The maximum Gasteiger partial charge on any atom is 0.346 e. The van der Waals surface area contributed by atoms with Gasteiger partial charge in [-0.15, -0.1) is 33.2 Å². The van der Waals surface area contributed by atoms with Crippen molar-refractivity contribution in [2.75, 3.05) is 0 Å². The summed E-state index contributed by atoms with van der Waals surface area (Å²) in [5.74, 6) is 0.729. The Labute approximate surface area is 89.7 Å². The first kappa shape index (κ1) is 11.2. The van der Waals surface area contributed by atoms with Crippen molar-refractivity contribution in [3.8, 4) is 0 Å². The van der Waals surface area contributed by atoms with Crippen LogP contribution < -0.4 is 0 Å². The minimum Gasteiger partial charge on any atom is -0.125 e. The Hall–Kier alpha value is 1.09. The van der Waals surface area contributed by atoms with E-state index in [-0.39, 0.29) is 5.04 Å². The van der Waals surface area contributed by atoms with Crippen molar-refractivity contribution in [3.05, 3.63) is 0 Å². The van der Waals surface area contributed by atoms with Crippen molar-refractivity contribution in [1.29, 1.82) is 0 Å². The summed E-state index contributed by atoms with van der Waals surface area (Å²) >= 11 is 18.3. The number of rotatable bonds is 1. The molecule has 0 bridgehead atoms. The van der Waals surface area contributed by atoms with E-state index in [0.717, 1.165) is 18.8 Å². The van der Waals surface area contributed by atoms with Gasteiger partial charge in [-0.2, -0.15) is 0 Å². The molecule has 1 aliphatic carbocycles. The maximum atomic E-state index is 6.09. The van der Waals surface area contributed by atoms with Crippen LogP contribution in [0.1, 0.15) is 39.5 Å². The molecule has 0 N–H and O–H groups in total. The van der Waals surface area contributed by atoms with Crippen LogP contribution >= 0.6 is 33.2 Å². The molecule has 1 fully saturated rings. The van der Waals surface area contributed by atoms with Crippen molar-refractivity contribution in [2.24, 2.45) is 5.92 Å². The maximum absolute atomic E-state index is 6.09. The van der Waals surface area contributed by atoms with E-state index in [0.29, 0.717) is 0 Å². The first-order valence-corrected chi connectivity index (χ1v) is 9.45. The number of halogens is 3. The van der Waals surface area contributed by atoms with Crippen LogP contribution in [-0.4, -0.2) is 6.00 Å². The van der Waals surface area contributed by atoms with Gasteiger partial charge < -0.3 is 0 Å². The predicted molar refractivity (Wildman–Crippen MR) is 59.3 cm³/mol. The van der Waals surface area contributed by atoms with E-state index < -0.39 is 6.00 Å². The molecule has 1 rings (SSSR count). The van der Waals surface area contributed by atoms with E-state index >= 15 is 0 Å². The summed E-state index contributed by atoms with van der Waals surface area (Å²) in [5, 5.41) is 0.0231. The summed E-state index contributed by atoms with van der Waals surface area (Å²) in [6, 6.07) is -2.51. The van der Waals surface area contributed by atoms with Crippen LogP contribution in [0.15, 0.2) is 0 Å². The van der Waals surface area contributed by atoms with Gasteiger partial charge in [-0.25, -0.2) is 0 Å². The highest BCUT2D eigenvalue weighted by Crippen LogP contribution is 2.56. The minimum atomic E-state index is -2.51. The molecule has 0 saturated heterocycles. The molecule has 0 aromatic heterocycles. The molecular formula is C8H15Cl3Si. The molecule has 0 nitrogen and oxygen atoms in total. The Morgan fingerprint density at radius 2 is 1.92 bits per heavy atom.